The Morgan fingerprint density at radius 2 is 1.53 bits per heavy atom. The number of amides is 2. The lowest BCUT2D eigenvalue weighted by molar-refractivity contribution is -0.144. The van der Waals surface area contributed by atoms with Crippen molar-refractivity contribution in [3.05, 3.63) is 95.1 Å². The largest absolute Gasteiger partial charge is 0.374 e. The minimum atomic E-state index is -1.95. The van der Waals surface area contributed by atoms with Crippen molar-refractivity contribution < 1.29 is 14.7 Å². The standard InChI is InChI=1S/C25H22N2O3/c1-16-11-13-17(14-12-16)15-27-21-10-6-4-8-19(21)25(30,24(27)29)22-18-7-3-5-9-20(18)26(2)23(22)28/h3-14,22,30H,15H2,1-2H3. The lowest BCUT2D eigenvalue weighted by atomic mass is 9.78. The topological polar surface area (TPSA) is 60.9 Å². The van der Waals surface area contributed by atoms with Gasteiger partial charge in [-0.2, -0.15) is 0 Å². The highest BCUT2D eigenvalue weighted by molar-refractivity contribution is 6.15. The van der Waals surface area contributed by atoms with E-state index in [1.165, 1.54) is 4.90 Å². The second-order valence-electron chi connectivity index (χ2n) is 8.05. The molecule has 2 aliphatic rings. The maximum atomic E-state index is 13.7. The van der Waals surface area contributed by atoms with Gasteiger partial charge in [0.2, 0.25) is 5.91 Å². The van der Waals surface area contributed by atoms with E-state index in [9.17, 15) is 14.7 Å². The van der Waals surface area contributed by atoms with E-state index in [0.29, 0.717) is 23.4 Å². The van der Waals surface area contributed by atoms with Crippen LogP contribution in [0.25, 0.3) is 0 Å². The second-order valence-corrected chi connectivity index (χ2v) is 8.05. The van der Waals surface area contributed by atoms with Crippen molar-refractivity contribution in [1.29, 1.82) is 0 Å². The van der Waals surface area contributed by atoms with Gasteiger partial charge in [0.05, 0.1) is 12.2 Å². The fourth-order valence-electron chi connectivity index (χ4n) is 4.66. The highest BCUT2D eigenvalue weighted by atomic mass is 16.3. The molecular formula is C25H22N2O3. The monoisotopic (exact) mass is 398 g/mol. The molecule has 0 aromatic heterocycles. The predicted octanol–water partition coefficient (Wildman–Crippen LogP) is 3.49. The average molecular weight is 398 g/mol. The summed E-state index contributed by atoms with van der Waals surface area (Å²) in [7, 11) is 1.68. The summed E-state index contributed by atoms with van der Waals surface area (Å²) in [6.45, 7) is 2.34. The van der Waals surface area contributed by atoms with Crippen LogP contribution in [0.15, 0.2) is 72.8 Å². The van der Waals surface area contributed by atoms with Gasteiger partial charge in [-0.3, -0.25) is 9.59 Å². The van der Waals surface area contributed by atoms with Gasteiger partial charge in [0.25, 0.3) is 5.91 Å². The van der Waals surface area contributed by atoms with Crippen LogP contribution in [-0.2, 0) is 21.7 Å². The Labute approximate surface area is 175 Å². The summed E-state index contributed by atoms with van der Waals surface area (Å²) in [5.74, 6) is -1.72. The van der Waals surface area contributed by atoms with Crippen LogP contribution >= 0.6 is 0 Å². The molecular weight excluding hydrogens is 376 g/mol. The molecule has 1 N–H and O–H groups in total. The van der Waals surface area contributed by atoms with Crippen LogP contribution in [-0.4, -0.2) is 24.0 Å². The van der Waals surface area contributed by atoms with E-state index in [-0.39, 0.29) is 5.91 Å². The number of carbonyl (C=O) groups is 2. The summed E-state index contributed by atoms with van der Waals surface area (Å²) < 4.78 is 0. The van der Waals surface area contributed by atoms with E-state index in [0.717, 1.165) is 16.8 Å². The summed E-state index contributed by atoms with van der Waals surface area (Å²) in [6, 6.07) is 22.5. The molecule has 0 spiro atoms. The molecule has 2 heterocycles. The molecule has 2 amide bonds. The fraction of sp³-hybridized carbons (Fsp3) is 0.200. The number of aliphatic hydroxyl groups is 1. The lowest BCUT2D eigenvalue weighted by Crippen LogP contribution is -2.47. The molecule has 0 saturated carbocycles. The Morgan fingerprint density at radius 3 is 2.27 bits per heavy atom. The quantitative estimate of drug-likeness (QED) is 0.735. The maximum absolute atomic E-state index is 13.7. The third-order valence-corrected chi connectivity index (χ3v) is 6.24. The first-order valence-corrected chi connectivity index (χ1v) is 9.99. The Balaban J connectivity index is 1.63. The Morgan fingerprint density at radius 1 is 0.900 bits per heavy atom. The second kappa shape index (κ2) is 6.54. The smallest absolute Gasteiger partial charge is 0.265 e. The number of anilines is 2. The van der Waals surface area contributed by atoms with Gasteiger partial charge in [-0.05, 0) is 30.2 Å². The van der Waals surface area contributed by atoms with Crippen molar-refractivity contribution in [3.63, 3.8) is 0 Å². The van der Waals surface area contributed by atoms with Crippen LogP contribution in [0, 0.1) is 6.92 Å². The van der Waals surface area contributed by atoms with Crippen molar-refractivity contribution in [2.24, 2.45) is 0 Å². The average Bonchev–Trinajstić information content (AvgIpc) is 3.14. The van der Waals surface area contributed by atoms with Crippen LogP contribution in [0.4, 0.5) is 11.4 Å². The molecule has 2 atom stereocenters. The van der Waals surface area contributed by atoms with Gasteiger partial charge in [-0.15, -0.1) is 0 Å². The lowest BCUT2D eigenvalue weighted by Gasteiger charge is -2.28. The zero-order valence-electron chi connectivity index (χ0n) is 16.9. The van der Waals surface area contributed by atoms with Gasteiger partial charge in [-0.25, -0.2) is 0 Å². The number of nitrogens with zero attached hydrogens (tertiary/aromatic N) is 2. The number of hydrogen-bond acceptors (Lipinski definition) is 3. The number of aryl methyl sites for hydroxylation is 1. The van der Waals surface area contributed by atoms with E-state index in [4.69, 9.17) is 0 Å². The normalized spacial score (nSPS) is 22.4. The molecule has 3 aromatic rings. The molecule has 0 saturated heterocycles. The maximum Gasteiger partial charge on any atom is 0.265 e. The molecule has 0 fully saturated rings. The zero-order chi connectivity index (χ0) is 21.0. The third kappa shape index (κ3) is 2.45. The summed E-state index contributed by atoms with van der Waals surface area (Å²) in [4.78, 5) is 30.0. The highest BCUT2D eigenvalue weighted by Gasteiger charge is 2.60. The van der Waals surface area contributed by atoms with E-state index in [2.05, 4.69) is 0 Å². The Hall–Kier alpha value is -3.44. The van der Waals surface area contributed by atoms with E-state index >= 15 is 0 Å². The highest BCUT2D eigenvalue weighted by Crippen LogP contribution is 2.53. The fourth-order valence-corrected chi connectivity index (χ4v) is 4.66. The van der Waals surface area contributed by atoms with Crippen LogP contribution in [0.2, 0.25) is 0 Å². The van der Waals surface area contributed by atoms with Crippen LogP contribution in [0.3, 0.4) is 0 Å². The molecule has 5 rings (SSSR count). The molecule has 5 nitrogen and oxygen atoms in total. The summed E-state index contributed by atoms with van der Waals surface area (Å²) in [5.41, 5.74) is 2.68. The third-order valence-electron chi connectivity index (χ3n) is 6.24. The predicted molar refractivity (Wildman–Crippen MR) is 115 cm³/mol. The van der Waals surface area contributed by atoms with Crippen molar-refractivity contribution in [3.8, 4) is 0 Å². The first-order chi connectivity index (χ1) is 14.4. The van der Waals surface area contributed by atoms with Gasteiger partial charge in [0, 0.05) is 18.3 Å². The van der Waals surface area contributed by atoms with Crippen molar-refractivity contribution in [1.82, 2.24) is 0 Å². The molecule has 2 unspecified atom stereocenters. The Bertz CT molecular complexity index is 1170. The van der Waals surface area contributed by atoms with Gasteiger partial charge in [0.1, 0.15) is 5.92 Å². The molecule has 3 aromatic carbocycles. The summed E-state index contributed by atoms with van der Waals surface area (Å²) >= 11 is 0. The first-order valence-electron chi connectivity index (χ1n) is 9.99. The van der Waals surface area contributed by atoms with E-state index < -0.39 is 17.4 Å². The van der Waals surface area contributed by atoms with E-state index in [1.807, 2.05) is 67.6 Å². The SMILES string of the molecule is Cc1ccc(CN2C(=O)C(O)(C3C(=O)N(C)c4ccccc43)c3ccccc32)cc1. The van der Waals surface area contributed by atoms with E-state index in [1.54, 1.807) is 24.1 Å². The number of likely N-dealkylation sites (N-methyl/N-ethyl adjacent to an activating group) is 1. The first kappa shape index (κ1) is 18.6. The molecule has 5 heteroatoms. The van der Waals surface area contributed by atoms with Crippen LogP contribution in [0.1, 0.15) is 28.2 Å². The van der Waals surface area contributed by atoms with Crippen LogP contribution in [0.5, 0.6) is 0 Å². The van der Waals surface area contributed by atoms with Gasteiger partial charge in [0.15, 0.2) is 5.60 Å². The number of para-hydroxylation sites is 2. The van der Waals surface area contributed by atoms with Crippen LogP contribution < -0.4 is 9.80 Å². The molecule has 0 bridgehead atoms. The molecule has 2 aliphatic heterocycles. The molecule has 150 valence electrons. The summed E-state index contributed by atoms with van der Waals surface area (Å²) in [6.07, 6.45) is 0. The van der Waals surface area contributed by atoms with Gasteiger partial charge in [-0.1, -0.05) is 66.2 Å². The molecule has 0 aliphatic carbocycles. The minimum absolute atomic E-state index is 0.279. The number of carbonyl (C=O) groups excluding carboxylic acids is 2. The molecule has 0 radical (unpaired) electrons. The molecule has 30 heavy (non-hydrogen) atoms. The van der Waals surface area contributed by atoms with Gasteiger partial charge < -0.3 is 14.9 Å². The number of benzene rings is 3. The Kier molecular flexibility index (Phi) is 4.05. The van der Waals surface area contributed by atoms with Crippen molar-refractivity contribution >= 4 is 23.2 Å². The van der Waals surface area contributed by atoms with Crippen molar-refractivity contribution in [2.45, 2.75) is 25.0 Å². The number of rotatable bonds is 3. The van der Waals surface area contributed by atoms with Crippen molar-refractivity contribution in [2.75, 3.05) is 16.8 Å². The number of hydrogen-bond donors (Lipinski definition) is 1. The zero-order valence-corrected chi connectivity index (χ0v) is 16.9. The van der Waals surface area contributed by atoms with Gasteiger partial charge >= 0.3 is 0 Å². The minimum Gasteiger partial charge on any atom is -0.374 e. The number of fused-ring (bicyclic) bond motifs is 2. The summed E-state index contributed by atoms with van der Waals surface area (Å²) in [5, 5.41) is 11.9.